The Morgan fingerprint density at radius 3 is 1.30 bits per heavy atom. The van der Waals surface area contributed by atoms with Gasteiger partial charge in [-0.15, -0.1) is 0 Å². The van der Waals surface area contributed by atoms with Crippen LogP contribution in [-0.2, 0) is 38.7 Å². The van der Waals surface area contributed by atoms with Crippen LogP contribution in [0.1, 0.15) is 206 Å². The number of hydrogen-bond acceptors (Lipinski definition) is 11. The zero-order chi connectivity index (χ0) is 41.3. The molecule has 6 unspecified atom stereocenters. The molecule has 0 bridgehead atoms. The van der Waals surface area contributed by atoms with Gasteiger partial charge in [-0.3, -0.25) is 14.1 Å². The van der Waals surface area contributed by atoms with Crippen molar-refractivity contribution in [1.82, 2.24) is 0 Å². The first-order valence-corrected chi connectivity index (χ1v) is 24.2. The second kappa shape index (κ2) is 34.5. The standard InChI is InChI=1S/C43H82O12S/c1-3-5-7-9-11-13-15-17-18-19-20-22-24-26-28-30-32-39(45)54-36(34-53-43-42(48)41(47)40(46)37(55-43)35-56(49,50)51)33-52-38(44)31-29-27-25-23-21-16-14-12-10-8-6-4-2/h36-37,40-43,46-48H,3-35H2,1-2H3,(H,49,50,51). The van der Waals surface area contributed by atoms with Crippen LogP contribution < -0.4 is 0 Å². The van der Waals surface area contributed by atoms with E-state index in [1.54, 1.807) is 0 Å². The van der Waals surface area contributed by atoms with E-state index in [0.29, 0.717) is 12.8 Å². The number of rotatable bonds is 38. The molecule has 1 heterocycles. The Morgan fingerprint density at radius 1 is 0.536 bits per heavy atom. The third-order valence-electron chi connectivity index (χ3n) is 10.7. The maximum absolute atomic E-state index is 12.8. The molecule has 0 saturated carbocycles. The Kier molecular flexibility index (Phi) is 32.5. The number of hydrogen-bond donors (Lipinski definition) is 4. The van der Waals surface area contributed by atoms with Gasteiger partial charge in [0.1, 0.15) is 36.8 Å². The normalized spacial score (nSPS) is 20.6. The Labute approximate surface area is 340 Å². The van der Waals surface area contributed by atoms with E-state index >= 15 is 0 Å². The highest BCUT2D eigenvalue weighted by molar-refractivity contribution is 7.85. The van der Waals surface area contributed by atoms with Crippen LogP contribution in [0.5, 0.6) is 0 Å². The van der Waals surface area contributed by atoms with Crippen molar-refractivity contribution in [3.8, 4) is 0 Å². The second-order valence-electron chi connectivity index (χ2n) is 16.1. The molecular formula is C43H82O12S. The molecule has 1 aliphatic rings. The van der Waals surface area contributed by atoms with E-state index in [4.69, 9.17) is 18.9 Å². The van der Waals surface area contributed by atoms with Crippen LogP contribution in [0.15, 0.2) is 0 Å². The molecule has 1 saturated heterocycles. The summed E-state index contributed by atoms with van der Waals surface area (Å²) in [6, 6.07) is 0. The Hall–Kier alpha value is -1.35. The predicted molar refractivity (Wildman–Crippen MR) is 220 cm³/mol. The molecule has 56 heavy (non-hydrogen) atoms. The second-order valence-corrected chi connectivity index (χ2v) is 17.6. The van der Waals surface area contributed by atoms with Crippen molar-refractivity contribution in [1.29, 1.82) is 0 Å². The molecule has 6 atom stereocenters. The average Bonchev–Trinajstić information content (AvgIpc) is 3.16. The molecule has 13 heteroatoms. The SMILES string of the molecule is CCCCCCCCCCCCCCCCCCC(=O)OC(COC(=O)CCCCCCCCCCCCCC)COC1OC(CS(=O)(=O)O)C(O)C(O)C1O. The lowest BCUT2D eigenvalue weighted by molar-refractivity contribution is -0.297. The van der Waals surface area contributed by atoms with Crippen LogP contribution >= 0.6 is 0 Å². The first-order valence-electron chi connectivity index (χ1n) is 22.6. The van der Waals surface area contributed by atoms with Crippen LogP contribution in [-0.4, -0.2) is 96.0 Å². The fourth-order valence-corrected chi connectivity index (χ4v) is 7.84. The van der Waals surface area contributed by atoms with E-state index in [0.717, 1.165) is 38.5 Å². The molecule has 0 aromatic carbocycles. The number of carbonyl (C=O) groups is 2. The molecule has 0 amide bonds. The fourth-order valence-electron chi connectivity index (χ4n) is 7.15. The highest BCUT2D eigenvalue weighted by Gasteiger charge is 2.46. The summed E-state index contributed by atoms with van der Waals surface area (Å²) < 4.78 is 54.0. The molecule has 0 radical (unpaired) electrons. The lowest BCUT2D eigenvalue weighted by atomic mass is 10.00. The predicted octanol–water partition coefficient (Wildman–Crippen LogP) is 8.90. The largest absolute Gasteiger partial charge is 0.462 e. The number of aliphatic hydroxyl groups is 3. The number of unbranched alkanes of at least 4 members (excludes halogenated alkanes) is 26. The molecule has 4 N–H and O–H groups in total. The van der Waals surface area contributed by atoms with Gasteiger partial charge < -0.3 is 34.3 Å². The summed E-state index contributed by atoms with van der Waals surface area (Å²) in [6.07, 6.45) is 24.3. The molecule has 1 aliphatic heterocycles. The van der Waals surface area contributed by atoms with Gasteiger partial charge in [0.15, 0.2) is 12.4 Å². The smallest absolute Gasteiger partial charge is 0.306 e. The fraction of sp³-hybridized carbons (Fsp3) is 0.953. The summed E-state index contributed by atoms with van der Waals surface area (Å²) in [5.74, 6) is -1.96. The first kappa shape index (κ1) is 52.7. The van der Waals surface area contributed by atoms with Crippen molar-refractivity contribution < 1.29 is 56.8 Å². The number of aliphatic hydroxyl groups excluding tert-OH is 3. The minimum absolute atomic E-state index is 0.172. The minimum atomic E-state index is -4.59. The zero-order valence-corrected chi connectivity index (χ0v) is 36.1. The van der Waals surface area contributed by atoms with Gasteiger partial charge in [0.25, 0.3) is 10.1 Å². The molecule has 0 aromatic heterocycles. The summed E-state index contributed by atoms with van der Waals surface area (Å²) in [4.78, 5) is 25.4. The molecule has 1 fully saturated rings. The number of carbonyl (C=O) groups excluding carboxylic acids is 2. The van der Waals surface area contributed by atoms with Gasteiger partial charge in [0.2, 0.25) is 0 Å². The van der Waals surface area contributed by atoms with E-state index in [2.05, 4.69) is 13.8 Å². The van der Waals surface area contributed by atoms with Gasteiger partial charge in [0.05, 0.1) is 6.61 Å². The van der Waals surface area contributed by atoms with E-state index in [1.807, 2.05) is 0 Å². The van der Waals surface area contributed by atoms with E-state index in [-0.39, 0.29) is 19.4 Å². The van der Waals surface area contributed by atoms with Gasteiger partial charge in [-0.1, -0.05) is 181 Å². The van der Waals surface area contributed by atoms with Crippen molar-refractivity contribution in [2.24, 2.45) is 0 Å². The minimum Gasteiger partial charge on any atom is -0.462 e. The van der Waals surface area contributed by atoms with Crippen molar-refractivity contribution in [2.45, 2.75) is 243 Å². The number of ether oxygens (including phenoxy) is 4. The quantitative estimate of drug-likeness (QED) is 0.0264. The molecular weight excluding hydrogens is 741 g/mol. The van der Waals surface area contributed by atoms with Crippen molar-refractivity contribution in [3.05, 3.63) is 0 Å². The Morgan fingerprint density at radius 2 is 0.911 bits per heavy atom. The van der Waals surface area contributed by atoms with Crippen LogP contribution in [0, 0.1) is 0 Å². The van der Waals surface area contributed by atoms with Gasteiger partial charge in [0, 0.05) is 12.8 Å². The summed E-state index contributed by atoms with van der Waals surface area (Å²) in [5, 5.41) is 30.8. The summed E-state index contributed by atoms with van der Waals surface area (Å²) in [7, 11) is -4.59. The summed E-state index contributed by atoms with van der Waals surface area (Å²) >= 11 is 0. The molecule has 1 rings (SSSR count). The van der Waals surface area contributed by atoms with Crippen molar-refractivity contribution in [3.63, 3.8) is 0 Å². The van der Waals surface area contributed by atoms with Gasteiger partial charge in [-0.25, -0.2) is 0 Å². The Bertz CT molecular complexity index is 1060. The maximum Gasteiger partial charge on any atom is 0.306 e. The van der Waals surface area contributed by atoms with E-state index < -0.39 is 71.2 Å². The molecule has 0 aromatic rings. The lowest BCUT2D eigenvalue weighted by Gasteiger charge is -2.40. The van der Waals surface area contributed by atoms with Crippen LogP contribution in [0.2, 0.25) is 0 Å². The molecule has 332 valence electrons. The zero-order valence-electron chi connectivity index (χ0n) is 35.3. The summed E-state index contributed by atoms with van der Waals surface area (Å²) in [6.45, 7) is 3.77. The average molecular weight is 823 g/mol. The van der Waals surface area contributed by atoms with E-state index in [1.165, 1.54) is 128 Å². The van der Waals surface area contributed by atoms with Crippen LogP contribution in [0.4, 0.5) is 0 Å². The molecule has 0 spiro atoms. The lowest BCUT2D eigenvalue weighted by Crippen LogP contribution is -2.60. The van der Waals surface area contributed by atoms with Gasteiger partial charge in [-0.2, -0.15) is 8.42 Å². The highest BCUT2D eigenvalue weighted by Crippen LogP contribution is 2.24. The van der Waals surface area contributed by atoms with Crippen molar-refractivity contribution >= 4 is 22.1 Å². The van der Waals surface area contributed by atoms with Crippen molar-refractivity contribution in [2.75, 3.05) is 19.0 Å². The van der Waals surface area contributed by atoms with E-state index in [9.17, 15) is 37.9 Å². The first-order chi connectivity index (χ1) is 27.0. The number of esters is 2. The summed E-state index contributed by atoms with van der Waals surface area (Å²) in [5.41, 5.74) is 0. The van der Waals surface area contributed by atoms with Gasteiger partial charge >= 0.3 is 11.9 Å². The van der Waals surface area contributed by atoms with Crippen LogP contribution in [0.25, 0.3) is 0 Å². The van der Waals surface area contributed by atoms with Gasteiger partial charge in [-0.05, 0) is 12.8 Å². The maximum atomic E-state index is 12.8. The monoisotopic (exact) mass is 823 g/mol. The topological polar surface area (TPSA) is 186 Å². The highest BCUT2D eigenvalue weighted by atomic mass is 32.2. The Balaban J connectivity index is 2.43. The van der Waals surface area contributed by atoms with Crippen LogP contribution in [0.3, 0.4) is 0 Å². The third kappa shape index (κ3) is 29.0. The molecule has 0 aliphatic carbocycles. The third-order valence-corrected chi connectivity index (χ3v) is 11.4. The molecule has 12 nitrogen and oxygen atoms in total.